The van der Waals surface area contributed by atoms with E-state index in [1.807, 2.05) is 0 Å². The molecule has 0 aromatic carbocycles. The Morgan fingerprint density at radius 3 is 2.74 bits per heavy atom. The molecule has 1 aliphatic heterocycles. The van der Waals surface area contributed by atoms with Gasteiger partial charge in [-0.3, -0.25) is 4.79 Å². The van der Waals surface area contributed by atoms with Crippen LogP contribution in [0.15, 0.2) is 0 Å². The first-order valence-corrected chi connectivity index (χ1v) is 8.09. The van der Waals surface area contributed by atoms with Gasteiger partial charge in [0.25, 0.3) is 0 Å². The minimum atomic E-state index is 0.225. The van der Waals surface area contributed by atoms with E-state index in [-0.39, 0.29) is 5.91 Å². The lowest BCUT2D eigenvalue weighted by Crippen LogP contribution is -2.43. The number of carbonyl (C=O) groups is 1. The lowest BCUT2D eigenvalue weighted by Gasteiger charge is -2.26. The zero-order valence-corrected chi connectivity index (χ0v) is 11.8. The zero-order chi connectivity index (χ0) is 13.1. The molecule has 2 aliphatic carbocycles. The van der Waals surface area contributed by atoms with Crippen molar-refractivity contribution >= 4 is 5.91 Å². The highest BCUT2D eigenvalue weighted by Gasteiger charge is 2.34. The SMILES string of the molecule is O=C(CCNC1CCCC1C1CCCN1)NC1CC1. The van der Waals surface area contributed by atoms with Crippen LogP contribution in [0.3, 0.4) is 0 Å². The summed E-state index contributed by atoms with van der Waals surface area (Å²) in [4.78, 5) is 11.6. The number of amides is 1. The molecule has 3 unspecified atom stereocenters. The smallest absolute Gasteiger partial charge is 0.221 e. The van der Waals surface area contributed by atoms with Crippen molar-refractivity contribution in [3.8, 4) is 0 Å². The lowest BCUT2D eigenvalue weighted by molar-refractivity contribution is -0.121. The third kappa shape index (κ3) is 3.69. The molecular weight excluding hydrogens is 238 g/mol. The normalized spacial score (nSPS) is 34.6. The van der Waals surface area contributed by atoms with Crippen molar-refractivity contribution in [1.82, 2.24) is 16.0 Å². The molecule has 0 spiro atoms. The maximum Gasteiger partial charge on any atom is 0.221 e. The largest absolute Gasteiger partial charge is 0.353 e. The molecule has 1 heterocycles. The molecule has 108 valence electrons. The molecule has 0 aromatic heterocycles. The van der Waals surface area contributed by atoms with Crippen molar-refractivity contribution in [2.75, 3.05) is 13.1 Å². The van der Waals surface area contributed by atoms with Crippen molar-refractivity contribution in [1.29, 1.82) is 0 Å². The average molecular weight is 265 g/mol. The van der Waals surface area contributed by atoms with E-state index < -0.39 is 0 Å². The molecule has 0 bridgehead atoms. The molecule has 19 heavy (non-hydrogen) atoms. The number of rotatable bonds is 6. The summed E-state index contributed by atoms with van der Waals surface area (Å²) in [6.07, 6.45) is 9.64. The van der Waals surface area contributed by atoms with Crippen molar-refractivity contribution in [3.63, 3.8) is 0 Å². The fraction of sp³-hybridized carbons (Fsp3) is 0.933. The van der Waals surface area contributed by atoms with Crippen molar-refractivity contribution in [3.05, 3.63) is 0 Å². The van der Waals surface area contributed by atoms with E-state index in [2.05, 4.69) is 16.0 Å². The second kappa shape index (κ2) is 6.23. The summed E-state index contributed by atoms with van der Waals surface area (Å²) in [7, 11) is 0. The topological polar surface area (TPSA) is 53.2 Å². The van der Waals surface area contributed by atoms with Gasteiger partial charge in [0.05, 0.1) is 0 Å². The molecule has 3 rings (SSSR count). The number of carbonyl (C=O) groups excluding carboxylic acids is 1. The quantitative estimate of drug-likeness (QED) is 0.675. The molecule has 3 fully saturated rings. The van der Waals surface area contributed by atoms with Gasteiger partial charge in [0.2, 0.25) is 5.91 Å². The van der Waals surface area contributed by atoms with E-state index in [1.165, 1.54) is 51.5 Å². The standard InChI is InChI=1S/C15H27N3O/c19-15(18-11-6-7-11)8-10-17-13-4-1-3-12(13)14-5-2-9-16-14/h11-14,16-17H,1-10H2,(H,18,19). The Labute approximate surface area is 116 Å². The Bertz CT molecular complexity index is 311. The second-order valence-electron chi connectivity index (χ2n) is 6.45. The van der Waals surface area contributed by atoms with Crippen molar-refractivity contribution in [2.45, 2.75) is 69.5 Å². The van der Waals surface area contributed by atoms with E-state index in [9.17, 15) is 4.79 Å². The van der Waals surface area contributed by atoms with Gasteiger partial charge >= 0.3 is 0 Å². The fourth-order valence-corrected chi connectivity index (χ4v) is 3.70. The van der Waals surface area contributed by atoms with Gasteiger partial charge in [-0.15, -0.1) is 0 Å². The van der Waals surface area contributed by atoms with Gasteiger partial charge in [-0.1, -0.05) is 6.42 Å². The van der Waals surface area contributed by atoms with Crippen LogP contribution in [0, 0.1) is 5.92 Å². The van der Waals surface area contributed by atoms with Crippen LogP contribution in [0.2, 0.25) is 0 Å². The van der Waals surface area contributed by atoms with Gasteiger partial charge in [-0.2, -0.15) is 0 Å². The number of hydrogen-bond donors (Lipinski definition) is 3. The molecule has 4 nitrogen and oxygen atoms in total. The van der Waals surface area contributed by atoms with Gasteiger partial charge in [0, 0.05) is 31.1 Å². The van der Waals surface area contributed by atoms with Crippen LogP contribution in [0.1, 0.15) is 51.4 Å². The summed E-state index contributed by atoms with van der Waals surface area (Å²) < 4.78 is 0. The Morgan fingerprint density at radius 1 is 1.11 bits per heavy atom. The van der Waals surface area contributed by atoms with Gasteiger partial charge < -0.3 is 16.0 Å². The molecule has 1 amide bonds. The predicted molar refractivity (Wildman–Crippen MR) is 75.9 cm³/mol. The molecule has 0 radical (unpaired) electrons. The number of hydrogen-bond acceptors (Lipinski definition) is 3. The molecule has 4 heteroatoms. The maximum atomic E-state index is 11.6. The van der Waals surface area contributed by atoms with E-state index in [4.69, 9.17) is 0 Å². The highest BCUT2D eigenvalue weighted by atomic mass is 16.1. The van der Waals surface area contributed by atoms with Crippen LogP contribution < -0.4 is 16.0 Å². The first kappa shape index (κ1) is 13.4. The summed E-state index contributed by atoms with van der Waals surface area (Å²) in [5.74, 6) is 1.01. The highest BCUT2D eigenvalue weighted by Crippen LogP contribution is 2.31. The third-order valence-corrected chi connectivity index (χ3v) is 4.89. The Kier molecular flexibility index (Phi) is 4.38. The maximum absolute atomic E-state index is 11.6. The Hall–Kier alpha value is -0.610. The van der Waals surface area contributed by atoms with Gasteiger partial charge in [-0.25, -0.2) is 0 Å². The van der Waals surface area contributed by atoms with Crippen molar-refractivity contribution < 1.29 is 4.79 Å². The van der Waals surface area contributed by atoms with Crippen LogP contribution in [-0.2, 0) is 4.79 Å². The number of nitrogens with one attached hydrogen (secondary N) is 3. The first-order chi connectivity index (χ1) is 9.33. The second-order valence-corrected chi connectivity index (χ2v) is 6.45. The van der Waals surface area contributed by atoms with E-state index in [1.54, 1.807) is 0 Å². The molecule has 1 saturated heterocycles. The van der Waals surface area contributed by atoms with Gasteiger partial charge in [0.15, 0.2) is 0 Å². The third-order valence-electron chi connectivity index (χ3n) is 4.89. The Balaban J connectivity index is 1.37. The molecule has 3 N–H and O–H groups in total. The summed E-state index contributed by atoms with van der Waals surface area (Å²) >= 11 is 0. The summed E-state index contributed by atoms with van der Waals surface area (Å²) in [5, 5.41) is 10.3. The van der Waals surface area contributed by atoms with Crippen LogP contribution in [0.4, 0.5) is 0 Å². The minimum Gasteiger partial charge on any atom is -0.353 e. The van der Waals surface area contributed by atoms with Crippen LogP contribution in [0.5, 0.6) is 0 Å². The summed E-state index contributed by atoms with van der Waals surface area (Å²) in [6.45, 7) is 2.03. The average Bonchev–Trinajstić information content (AvgIpc) is 2.91. The van der Waals surface area contributed by atoms with Gasteiger partial charge in [0.1, 0.15) is 0 Å². The van der Waals surface area contributed by atoms with Crippen LogP contribution >= 0.6 is 0 Å². The molecule has 3 atom stereocenters. The lowest BCUT2D eigenvalue weighted by atomic mass is 9.93. The molecule has 2 saturated carbocycles. The highest BCUT2D eigenvalue weighted by molar-refractivity contribution is 5.76. The van der Waals surface area contributed by atoms with E-state index in [0.29, 0.717) is 18.5 Å². The molecule has 3 aliphatic rings. The summed E-state index contributed by atoms with van der Waals surface area (Å²) in [6, 6.07) is 1.85. The predicted octanol–water partition coefficient (Wildman–Crippen LogP) is 1.17. The van der Waals surface area contributed by atoms with E-state index >= 15 is 0 Å². The molecular formula is C15H27N3O. The van der Waals surface area contributed by atoms with Crippen LogP contribution in [-0.4, -0.2) is 37.1 Å². The fourth-order valence-electron chi connectivity index (χ4n) is 3.70. The monoisotopic (exact) mass is 265 g/mol. The van der Waals surface area contributed by atoms with Crippen molar-refractivity contribution in [2.24, 2.45) is 5.92 Å². The zero-order valence-electron chi connectivity index (χ0n) is 11.8. The van der Waals surface area contributed by atoms with E-state index in [0.717, 1.165) is 18.5 Å². The minimum absolute atomic E-state index is 0.225. The summed E-state index contributed by atoms with van der Waals surface area (Å²) in [5.41, 5.74) is 0. The van der Waals surface area contributed by atoms with Gasteiger partial charge in [-0.05, 0) is 51.0 Å². The Morgan fingerprint density at radius 2 is 2.00 bits per heavy atom. The van der Waals surface area contributed by atoms with Crippen LogP contribution in [0.25, 0.3) is 0 Å². The molecule has 0 aromatic rings. The first-order valence-electron chi connectivity index (χ1n) is 8.09.